The molecule has 0 radical (unpaired) electrons. The molecule has 9 nitrogen and oxygen atoms in total. The molecule has 0 aliphatic carbocycles. The van der Waals surface area contributed by atoms with Gasteiger partial charge in [0.15, 0.2) is 6.10 Å². The Bertz CT molecular complexity index is 990. The Labute approximate surface area is 149 Å². The molecule has 136 valence electrons. The molecule has 2 N–H and O–H groups in total. The quantitative estimate of drug-likeness (QED) is 0.815. The molecule has 0 bridgehead atoms. The summed E-state index contributed by atoms with van der Waals surface area (Å²) in [5, 5.41) is 2.60. The van der Waals surface area contributed by atoms with Crippen molar-refractivity contribution in [3.8, 4) is 5.75 Å². The monoisotopic (exact) mass is 376 g/mol. The molecule has 1 aromatic carbocycles. The molecule has 0 spiro atoms. The van der Waals surface area contributed by atoms with Crippen molar-refractivity contribution in [2.24, 2.45) is 0 Å². The van der Waals surface area contributed by atoms with Crippen LogP contribution in [0.25, 0.3) is 0 Å². The number of fused-ring (bicyclic) bond motifs is 1. The Morgan fingerprint density at radius 1 is 1.35 bits per heavy atom. The van der Waals surface area contributed by atoms with E-state index in [0.29, 0.717) is 18.0 Å². The number of carbonyl (C=O) groups excluding carboxylic acids is 2. The van der Waals surface area contributed by atoms with E-state index < -0.39 is 22.0 Å². The lowest BCUT2D eigenvalue weighted by molar-refractivity contribution is -0.123. The second-order valence-electron chi connectivity index (χ2n) is 5.59. The first kappa shape index (κ1) is 17.8. The van der Waals surface area contributed by atoms with Crippen molar-refractivity contribution in [1.29, 1.82) is 0 Å². The number of rotatable bonds is 4. The average molecular weight is 376 g/mol. The van der Waals surface area contributed by atoms with Crippen molar-refractivity contribution in [1.82, 2.24) is 14.7 Å². The first-order valence-corrected chi connectivity index (χ1v) is 9.27. The molecule has 1 aliphatic heterocycles. The highest BCUT2D eigenvalue weighted by molar-refractivity contribution is 7.90. The number of hydrogen-bond acceptors (Lipinski definition) is 7. The molecule has 26 heavy (non-hydrogen) atoms. The molecule has 0 unspecified atom stereocenters. The highest BCUT2D eigenvalue weighted by atomic mass is 32.2. The molecule has 10 heteroatoms. The van der Waals surface area contributed by atoms with Crippen LogP contribution in [-0.2, 0) is 14.8 Å². The smallest absolute Gasteiger partial charge is 0.283 e. The van der Waals surface area contributed by atoms with E-state index >= 15 is 0 Å². The zero-order valence-electron chi connectivity index (χ0n) is 14.0. The molecule has 1 atom stereocenters. The summed E-state index contributed by atoms with van der Waals surface area (Å²) < 4.78 is 32.4. The van der Waals surface area contributed by atoms with Gasteiger partial charge >= 0.3 is 0 Å². The fourth-order valence-corrected chi connectivity index (χ4v) is 3.37. The molecular weight excluding hydrogens is 360 g/mol. The summed E-state index contributed by atoms with van der Waals surface area (Å²) in [5.74, 6) is -0.517. The summed E-state index contributed by atoms with van der Waals surface area (Å²) in [6, 6.07) is 5.28. The van der Waals surface area contributed by atoms with E-state index in [2.05, 4.69) is 15.3 Å². The number of benzene rings is 1. The van der Waals surface area contributed by atoms with Gasteiger partial charge in [0.2, 0.25) is 0 Å². The minimum Gasteiger partial charge on any atom is -0.478 e. The predicted octanol–water partition coefficient (Wildman–Crippen LogP) is 1.01. The molecule has 2 aromatic rings. The number of anilines is 1. The molecule has 3 rings (SSSR count). The average Bonchev–Trinajstić information content (AvgIpc) is 2.60. The van der Waals surface area contributed by atoms with E-state index in [1.54, 1.807) is 13.8 Å². The number of hydrogen-bond donors (Lipinski definition) is 2. The molecule has 1 aromatic heterocycles. The van der Waals surface area contributed by atoms with E-state index in [-0.39, 0.29) is 22.2 Å². The topological polar surface area (TPSA) is 127 Å². The van der Waals surface area contributed by atoms with Gasteiger partial charge in [-0.1, -0.05) is 6.92 Å². The van der Waals surface area contributed by atoms with Crippen LogP contribution in [0.15, 0.2) is 35.4 Å². The van der Waals surface area contributed by atoms with Crippen molar-refractivity contribution in [3.63, 3.8) is 0 Å². The standard InChI is InChI=1S/C16H16N4O5S/c1-3-13-16(22)19-12-8-10(4-5-14(12)25-13)26(23,24)20-15(21)11-6-7-17-9(2)18-11/h4-8,13H,3H2,1-2H3,(H,19,22)(H,20,21)/t13-/m0/s1. The summed E-state index contributed by atoms with van der Waals surface area (Å²) in [6.45, 7) is 3.39. The van der Waals surface area contributed by atoms with Crippen LogP contribution in [0.3, 0.4) is 0 Å². The van der Waals surface area contributed by atoms with Gasteiger partial charge in [-0.2, -0.15) is 0 Å². The molecule has 0 saturated carbocycles. The summed E-state index contributed by atoms with van der Waals surface area (Å²) in [5.41, 5.74) is 0.161. The van der Waals surface area contributed by atoms with E-state index in [1.165, 1.54) is 30.5 Å². The number of nitrogens with zero attached hydrogens (tertiary/aromatic N) is 2. The second-order valence-corrected chi connectivity index (χ2v) is 7.27. The van der Waals surface area contributed by atoms with Gasteiger partial charge in [-0.3, -0.25) is 9.59 Å². The number of sulfonamides is 1. The van der Waals surface area contributed by atoms with Crippen molar-refractivity contribution < 1.29 is 22.7 Å². The molecule has 2 amide bonds. The number of aryl methyl sites for hydroxylation is 1. The van der Waals surface area contributed by atoms with Crippen molar-refractivity contribution >= 4 is 27.5 Å². The van der Waals surface area contributed by atoms with Crippen LogP contribution in [-0.4, -0.2) is 36.3 Å². The van der Waals surface area contributed by atoms with Crippen LogP contribution < -0.4 is 14.8 Å². The number of amides is 2. The third kappa shape index (κ3) is 3.49. The first-order valence-electron chi connectivity index (χ1n) is 7.78. The van der Waals surface area contributed by atoms with E-state index in [1.807, 2.05) is 4.72 Å². The maximum Gasteiger partial charge on any atom is 0.283 e. The zero-order valence-corrected chi connectivity index (χ0v) is 14.8. The fraction of sp³-hybridized carbons (Fsp3) is 0.250. The zero-order chi connectivity index (χ0) is 18.9. The highest BCUT2D eigenvalue weighted by Gasteiger charge is 2.28. The summed E-state index contributed by atoms with van der Waals surface area (Å²) in [7, 11) is -4.16. The lowest BCUT2D eigenvalue weighted by Crippen LogP contribution is -2.36. The van der Waals surface area contributed by atoms with Gasteiger partial charge in [-0.25, -0.2) is 23.1 Å². The van der Waals surface area contributed by atoms with Crippen molar-refractivity contribution in [2.45, 2.75) is 31.3 Å². The third-order valence-electron chi connectivity index (χ3n) is 3.69. The Kier molecular flexibility index (Phi) is 4.60. The lowest BCUT2D eigenvalue weighted by Gasteiger charge is -2.25. The Morgan fingerprint density at radius 3 is 2.81 bits per heavy atom. The van der Waals surface area contributed by atoms with Crippen molar-refractivity contribution in [3.05, 3.63) is 42.0 Å². The minimum absolute atomic E-state index is 0.0681. The van der Waals surface area contributed by atoms with Gasteiger partial charge in [-0.05, 0) is 37.6 Å². The van der Waals surface area contributed by atoms with E-state index in [0.717, 1.165) is 0 Å². The fourth-order valence-electron chi connectivity index (χ4n) is 2.38. The number of aromatic nitrogens is 2. The third-order valence-corrected chi connectivity index (χ3v) is 5.02. The van der Waals surface area contributed by atoms with Crippen LogP contribution in [0.4, 0.5) is 5.69 Å². The number of nitrogens with one attached hydrogen (secondary N) is 2. The van der Waals surface area contributed by atoms with E-state index in [4.69, 9.17) is 4.74 Å². The van der Waals surface area contributed by atoms with Gasteiger partial charge in [0.1, 0.15) is 17.3 Å². The first-order chi connectivity index (χ1) is 12.3. The highest BCUT2D eigenvalue weighted by Crippen LogP contribution is 2.32. The largest absolute Gasteiger partial charge is 0.478 e. The van der Waals surface area contributed by atoms with Crippen molar-refractivity contribution in [2.75, 3.05) is 5.32 Å². The normalized spacial score (nSPS) is 16.2. The predicted molar refractivity (Wildman–Crippen MR) is 91.2 cm³/mol. The Balaban J connectivity index is 1.85. The number of carbonyl (C=O) groups is 2. The van der Waals surface area contributed by atoms with Gasteiger partial charge in [0, 0.05) is 6.20 Å². The molecule has 0 fully saturated rings. The molecule has 2 heterocycles. The van der Waals surface area contributed by atoms with Crippen LogP contribution in [0.2, 0.25) is 0 Å². The lowest BCUT2D eigenvalue weighted by atomic mass is 10.2. The second kappa shape index (κ2) is 6.71. The van der Waals surface area contributed by atoms with Crippen LogP contribution in [0, 0.1) is 6.92 Å². The summed E-state index contributed by atoms with van der Waals surface area (Å²) >= 11 is 0. The van der Waals surface area contributed by atoms with Crippen LogP contribution >= 0.6 is 0 Å². The maximum absolute atomic E-state index is 12.5. The Morgan fingerprint density at radius 2 is 2.12 bits per heavy atom. The van der Waals surface area contributed by atoms with Crippen LogP contribution in [0.5, 0.6) is 5.75 Å². The summed E-state index contributed by atoms with van der Waals surface area (Å²) in [4.78, 5) is 31.6. The van der Waals surface area contributed by atoms with Gasteiger partial charge in [0.05, 0.1) is 10.6 Å². The molecular formula is C16H16N4O5S. The van der Waals surface area contributed by atoms with Crippen LogP contribution in [0.1, 0.15) is 29.7 Å². The van der Waals surface area contributed by atoms with Gasteiger partial charge in [0.25, 0.3) is 21.8 Å². The molecule has 0 saturated heterocycles. The maximum atomic E-state index is 12.5. The summed E-state index contributed by atoms with van der Waals surface area (Å²) in [6.07, 6.45) is 1.23. The Hall–Kier alpha value is -3.01. The van der Waals surface area contributed by atoms with Gasteiger partial charge in [-0.15, -0.1) is 0 Å². The molecule has 1 aliphatic rings. The minimum atomic E-state index is -4.16. The SMILES string of the molecule is CC[C@@H]1Oc2ccc(S(=O)(=O)NC(=O)c3ccnc(C)n3)cc2NC1=O. The van der Waals surface area contributed by atoms with Gasteiger partial charge < -0.3 is 10.1 Å². The number of ether oxygens (including phenoxy) is 1. The van der Waals surface area contributed by atoms with E-state index in [9.17, 15) is 18.0 Å².